The van der Waals surface area contributed by atoms with E-state index in [-0.39, 0.29) is 37.1 Å². The Morgan fingerprint density at radius 1 is 0.963 bits per heavy atom. The molecular formula is C41H47N4O8P. The number of methoxy groups -OCH3 is 2. The van der Waals surface area contributed by atoms with Gasteiger partial charge in [0.05, 0.1) is 44.8 Å². The zero-order valence-corrected chi connectivity index (χ0v) is 32.2. The highest BCUT2D eigenvalue weighted by atomic mass is 31.2. The van der Waals surface area contributed by atoms with E-state index in [1.54, 1.807) is 14.2 Å². The summed E-state index contributed by atoms with van der Waals surface area (Å²) >= 11 is 0. The minimum atomic E-state index is -1.82. The zero-order valence-electron chi connectivity index (χ0n) is 31.3. The fraction of sp³-hybridized carbons (Fsp3) is 0.390. The predicted molar refractivity (Wildman–Crippen MR) is 206 cm³/mol. The summed E-state index contributed by atoms with van der Waals surface area (Å²) < 4.78 is 34.3. The summed E-state index contributed by atoms with van der Waals surface area (Å²) in [5.74, 6) is 3.59. The molecule has 12 nitrogen and oxygen atoms in total. The molecule has 1 aliphatic heterocycles. The Morgan fingerprint density at radius 3 is 2.02 bits per heavy atom. The van der Waals surface area contributed by atoms with E-state index in [0.717, 1.165) is 16.7 Å². The average molecular weight is 755 g/mol. The van der Waals surface area contributed by atoms with Crippen molar-refractivity contribution in [3.63, 3.8) is 0 Å². The predicted octanol–water partition coefficient (Wildman–Crippen LogP) is 5.88. The molecule has 0 spiro atoms. The number of aliphatic hydroxyl groups excluding tert-OH is 1. The van der Waals surface area contributed by atoms with Gasteiger partial charge in [-0.1, -0.05) is 60.5 Å². The molecule has 0 amide bonds. The SMILES string of the molecule is C#Cc1cn([C@H]2C[C@H](OP(OCCC#N)N(C(C)C)C(C)C)[C@@H](C(O)C(c3ccccc3)(c3ccc(OC)cc3)c3ccc(OC)cc3)O2)c(=O)[nH]c1=O. The maximum Gasteiger partial charge on any atom is 0.330 e. The number of hydrogen-bond donors (Lipinski definition) is 2. The molecule has 5 atom stereocenters. The van der Waals surface area contributed by atoms with Gasteiger partial charge < -0.3 is 28.4 Å². The first-order valence-electron chi connectivity index (χ1n) is 17.7. The van der Waals surface area contributed by atoms with Gasteiger partial charge in [0.25, 0.3) is 14.1 Å². The van der Waals surface area contributed by atoms with E-state index >= 15 is 0 Å². The molecule has 13 heteroatoms. The van der Waals surface area contributed by atoms with Gasteiger partial charge in [-0.25, -0.2) is 9.46 Å². The molecule has 1 saturated heterocycles. The molecule has 0 radical (unpaired) electrons. The van der Waals surface area contributed by atoms with Gasteiger partial charge in [-0.05, 0) is 68.7 Å². The third-order valence-corrected chi connectivity index (χ3v) is 11.7. The molecule has 2 heterocycles. The van der Waals surface area contributed by atoms with Gasteiger partial charge in [0.2, 0.25) is 0 Å². The molecule has 0 saturated carbocycles. The third-order valence-electron chi connectivity index (χ3n) is 9.51. The van der Waals surface area contributed by atoms with Crippen LogP contribution in [0.15, 0.2) is 94.6 Å². The van der Waals surface area contributed by atoms with Gasteiger partial charge in [0.15, 0.2) is 0 Å². The number of benzene rings is 3. The number of aromatic nitrogens is 2. The highest BCUT2D eigenvalue weighted by Crippen LogP contribution is 2.53. The maximum absolute atomic E-state index is 13.3. The lowest BCUT2D eigenvalue weighted by atomic mass is 9.64. The minimum absolute atomic E-state index is 0.0123. The van der Waals surface area contributed by atoms with E-state index in [4.69, 9.17) is 29.7 Å². The van der Waals surface area contributed by atoms with Crippen LogP contribution in [0.5, 0.6) is 11.5 Å². The number of aromatic amines is 1. The van der Waals surface area contributed by atoms with Crippen LogP contribution in [0, 0.1) is 23.7 Å². The summed E-state index contributed by atoms with van der Waals surface area (Å²) in [5.41, 5.74) is -0.547. The number of aliphatic hydroxyl groups is 1. The van der Waals surface area contributed by atoms with Crippen LogP contribution in [0.4, 0.5) is 0 Å². The number of nitrogens with zero attached hydrogens (tertiary/aromatic N) is 3. The lowest BCUT2D eigenvalue weighted by molar-refractivity contribution is -0.0953. The molecule has 0 aliphatic carbocycles. The van der Waals surface area contributed by atoms with Crippen molar-refractivity contribution in [1.82, 2.24) is 14.2 Å². The highest BCUT2D eigenvalue weighted by Gasteiger charge is 2.54. The number of ether oxygens (including phenoxy) is 3. The standard InChI is InChI=1S/C41H47N4O8P/c1-8-29-26-44(40(48)43-39(29)47)36-25-35(53-54(51-24-12-23-42)45(27(2)3)28(4)5)37(52-36)38(46)41(30-13-10-9-11-14-30,31-15-19-33(49-6)20-16-31)32-17-21-34(50-7)22-18-32/h1,9-11,13-22,26-28,35-38,46H,12,24-25H2,2-7H3,(H,43,47,48)/t35-,36+,37-,38?,54?/m0/s1. The Balaban J connectivity index is 1.75. The van der Waals surface area contributed by atoms with Crippen LogP contribution in [0.25, 0.3) is 0 Å². The lowest BCUT2D eigenvalue weighted by Gasteiger charge is -2.44. The first-order valence-corrected chi connectivity index (χ1v) is 18.9. The summed E-state index contributed by atoms with van der Waals surface area (Å²) in [4.78, 5) is 28.1. The fourth-order valence-electron chi connectivity index (χ4n) is 7.10. The zero-order chi connectivity index (χ0) is 39.0. The average Bonchev–Trinajstić information content (AvgIpc) is 3.59. The number of terminal acetylenes is 1. The molecule has 1 aliphatic rings. The van der Waals surface area contributed by atoms with Crippen molar-refractivity contribution in [2.24, 2.45) is 0 Å². The first-order chi connectivity index (χ1) is 26.0. The number of H-pyrrole nitrogens is 1. The molecule has 3 aromatic carbocycles. The second kappa shape index (κ2) is 18.0. The second-order valence-electron chi connectivity index (χ2n) is 13.4. The molecule has 0 bridgehead atoms. The molecular weight excluding hydrogens is 707 g/mol. The van der Waals surface area contributed by atoms with Crippen LogP contribution in [0.1, 0.15) is 69.0 Å². The number of nitriles is 1. The minimum Gasteiger partial charge on any atom is -0.497 e. The van der Waals surface area contributed by atoms with E-state index in [1.165, 1.54) is 10.8 Å². The molecule has 4 aromatic rings. The summed E-state index contributed by atoms with van der Waals surface area (Å²) in [6, 6.07) is 26.7. The largest absolute Gasteiger partial charge is 0.497 e. The van der Waals surface area contributed by atoms with Crippen molar-refractivity contribution in [3.8, 4) is 29.9 Å². The second-order valence-corrected chi connectivity index (χ2v) is 14.8. The molecule has 2 unspecified atom stereocenters. The van der Waals surface area contributed by atoms with Gasteiger partial charge in [-0.15, -0.1) is 6.42 Å². The molecule has 54 heavy (non-hydrogen) atoms. The van der Waals surface area contributed by atoms with Crippen LogP contribution in [0.3, 0.4) is 0 Å². The topological polar surface area (TPSA) is 148 Å². The maximum atomic E-state index is 13.3. The van der Waals surface area contributed by atoms with Crippen molar-refractivity contribution in [2.75, 3.05) is 20.8 Å². The van der Waals surface area contributed by atoms with Gasteiger partial charge >= 0.3 is 5.69 Å². The molecule has 1 aromatic heterocycles. The van der Waals surface area contributed by atoms with Crippen molar-refractivity contribution in [1.29, 1.82) is 5.26 Å². The van der Waals surface area contributed by atoms with Gasteiger partial charge in [-0.2, -0.15) is 5.26 Å². The van der Waals surface area contributed by atoms with Gasteiger partial charge in [0, 0.05) is 24.7 Å². The number of hydrogen-bond acceptors (Lipinski definition) is 10. The number of rotatable bonds is 16. The van der Waals surface area contributed by atoms with Crippen LogP contribution in [-0.2, 0) is 19.2 Å². The van der Waals surface area contributed by atoms with E-state index in [0.29, 0.717) is 11.5 Å². The van der Waals surface area contributed by atoms with E-state index < -0.39 is 49.7 Å². The van der Waals surface area contributed by atoms with Crippen molar-refractivity contribution < 1.29 is 28.4 Å². The summed E-state index contributed by atoms with van der Waals surface area (Å²) in [6.45, 7) is 8.24. The van der Waals surface area contributed by atoms with Gasteiger partial charge in [0.1, 0.15) is 35.5 Å². The van der Waals surface area contributed by atoms with Gasteiger partial charge in [-0.3, -0.25) is 14.3 Å². The first kappa shape index (κ1) is 40.4. The Kier molecular flexibility index (Phi) is 13.5. The van der Waals surface area contributed by atoms with E-state index in [2.05, 4.69) is 21.6 Å². The molecule has 284 valence electrons. The van der Waals surface area contributed by atoms with Crippen LogP contribution >= 0.6 is 8.53 Å². The quantitative estimate of drug-likeness (QED) is 0.0615. The molecule has 1 fully saturated rings. The van der Waals surface area contributed by atoms with E-state index in [9.17, 15) is 20.0 Å². The smallest absolute Gasteiger partial charge is 0.330 e. The van der Waals surface area contributed by atoms with Crippen LogP contribution in [-0.4, -0.2) is 70.6 Å². The molecule has 5 rings (SSSR count). The van der Waals surface area contributed by atoms with Crippen LogP contribution < -0.4 is 20.7 Å². The monoisotopic (exact) mass is 754 g/mol. The van der Waals surface area contributed by atoms with Crippen molar-refractivity contribution in [2.45, 2.75) is 82.6 Å². The summed E-state index contributed by atoms with van der Waals surface area (Å²) in [6.07, 6.45) is 2.80. The Morgan fingerprint density at radius 2 is 1.52 bits per heavy atom. The van der Waals surface area contributed by atoms with Crippen LogP contribution in [0.2, 0.25) is 0 Å². The summed E-state index contributed by atoms with van der Waals surface area (Å²) in [5, 5.41) is 22.6. The normalized spacial score (nSPS) is 18.3. The fourth-order valence-corrected chi connectivity index (χ4v) is 8.84. The van der Waals surface area contributed by atoms with E-state index in [1.807, 2.05) is 107 Å². The lowest BCUT2D eigenvalue weighted by Crippen LogP contribution is -2.52. The number of nitrogens with one attached hydrogen (secondary N) is 1. The third kappa shape index (κ3) is 8.30. The Bertz CT molecular complexity index is 1980. The van der Waals surface area contributed by atoms with Crippen molar-refractivity contribution >= 4 is 8.53 Å². The Labute approximate surface area is 317 Å². The van der Waals surface area contributed by atoms with Crippen molar-refractivity contribution in [3.05, 3.63) is 128 Å². The Hall–Kier alpha value is -4.78. The summed E-state index contributed by atoms with van der Waals surface area (Å²) in [7, 11) is 1.36. The molecule has 2 N–H and O–H groups in total. The highest BCUT2D eigenvalue weighted by molar-refractivity contribution is 7.44.